The van der Waals surface area contributed by atoms with Crippen LogP contribution in [0, 0.1) is 5.92 Å². The Balaban J connectivity index is 1.58. The zero-order valence-corrected chi connectivity index (χ0v) is 17.4. The number of nitrogens with one attached hydrogen (secondary N) is 1. The number of para-hydroxylation sites is 1. The minimum atomic E-state index is -0.0961. The van der Waals surface area contributed by atoms with Crippen LogP contribution in [-0.4, -0.2) is 27.3 Å². The quantitative estimate of drug-likeness (QED) is 0.502. The average Bonchev–Trinajstić information content (AvgIpc) is 3.18. The van der Waals surface area contributed by atoms with Gasteiger partial charge in [0.05, 0.1) is 16.8 Å². The van der Waals surface area contributed by atoms with E-state index in [1.807, 2.05) is 35.7 Å². The third-order valence-corrected chi connectivity index (χ3v) is 7.02. The first-order valence-corrected chi connectivity index (χ1v) is 11.5. The molecule has 1 fully saturated rings. The second kappa shape index (κ2) is 8.49. The second-order valence-corrected chi connectivity index (χ2v) is 9.07. The van der Waals surface area contributed by atoms with E-state index < -0.39 is 0 Å². The summed E-state index contributed by atoms with van der Waals surface area (Å²) in [7, 11) is 0. The monoisotopic (exact) mass is 413 g/mol. The summed E-state index contributed by atoms with van der Waals surface area (Å²) in [5.41, 5.74) is 0.665. The number of rotatable bonds is 5. The van der Waals surface area contributed by atoms with E-state index in [-0.39, 0.29) is 23.3 Å². The molecule has 1 saturated carbocycles. The molecule has 2 aromatic heterocycles. The lowest BCUT2D eigenvalue weighted by Gasteiger charge is -2.29. The fraction of sp³-hybridized carbons (Fsp3) is 0.381. The maximum absolute atomic E-state index is 13.0. The van der Waals surface area contributed by atoms with Crippen molar-refractivity contribution in [2.75, 3.05) is 5.75 Å². The van der Waals surface area contributed by atoms with Gasteiger partial charge in [-0.2, -0.15) is 0 Å². The predicted octanol–water partition coefficient (Wildman–Crippen LogP) is 4.23. The van der Waals surface area contributed by atoms with Gasteiger partial charge >= 0.3 is 0 Å². The van der Waals surface area contributed by atoms with Crippen LogP contribution in [0.2, 0.25) is 0 Å². The van der Waals surface area contributed by atoms with Crippen LogP contribution in [0.5, 0.6) is 0 Å². The van der Waals surface area contributed by atoms with Crippen LogP contribution in [0.1, 0.15) is 32.6 Å². The average molecular weight is 414 g/mol. The number of benzene rings is 1. The Hall–Kier alpha value is -2.12. The van der Waals surface area contributed by atoms with Crippen molar-refractivity contribution in [3.63, 3.8) is 0 Å². The highest BCUT2D eigenvalue weighted by Gasteiger charge is 2.23. The van der Waals surface area contributed by atoms with Crippen molar-refractivity contribution in [1.82, 2.24) is 14.9 Å². The molecule has 0 saturated heterocycles. The van der Waals surface area contributed by atoms with Gasteiger partial charge in [-0.25, -0.2) is 4.98 Å². The maximum Gasteiger partial charge on any atom is 0.267 e. The lowest BCUT2D eigenvalue weighted by atomic mass is 9.86. The predicted molar refractivity (Wildman–Crippen MR) is 116 cm³/mol. The summed E-state index contributed by atoms with van der Waals surface area (Å²) in [5, 5.41) is 6.21. The van der Waals surface area contributed by atoms with E-state index in [9.17, 15) is 9.59 Å². The van der Waals surface area contributed by atoms with Crippen LogP contribution in [0.25, 0.3) is 15.9 Å². The van der Waals surface area contributed by atoms with Crippen molar-refractivity contribution >= 4 is 39.2 Å². The number of nitrogens with zero attached hydrogens (tertiary/aromatic N) is 2. The smallest absolute Gasteiger partial charge is 0.267 e. The fourth-order valence-corrected chi connectivity index (χ4v) is 5.33. The van der Waals surface area contributed by atoms with Gasteiger partial charge in [-0.15, -0.1) is 11.3 Å². The first kappa shape index (κ1) is 19.2. The van der Waals surface area contributed by atoms with Crippen LogP contribution in [-0.2, 0) is 4.79 Å². The third kappa shape index (κ3) is 4.00. The summed E-state index contributed by atoms with van der Waals surface area (Å²) in [6.45, 7) is 2.20. The van der Waals surface area contributed by atoms with Gasteiger partial charge in [0.25, 0.3) is 5.56 Å². The zero-order valence-electron chi connectivity index (χ0n) is 15.8. The van der Waals surface area contributed by atoms with E-state index in [2.05, 4.69) is 17.2 Å². The molecule has 146 valence electrons. The van der Waals surface area contributed by atoms with Gasteiger partial charge in [0.1, 0.15) is 4.83 Å². The fourth-order valence-electron chi connectivity index (χ4n) is 3.71. The van der Waals surface area contributed by atoms with Gasteiger partial charge in [-0.3, -0.25) is 14.2 Å². The molecule has 1 aliphatic rings. The Morgan fingerprint density at radius 3 is 2.82 bits per heavy atom. The number of carbonyl (C=O) groups is 1. The molecule has 0 radical (unpaired) electrons. The number of thioether (sulfide) groups is 1. The molecule has 1 amide bonds. The summed E-state index contributed by atoms with van der Waals surface area (Å²) in [4.78, 5) is 30.9. The standard InChI is InChI=1S/C21H23N3O2S2/c1-14-7-5-6-10-17(14)22-18(25)13-28-21-23-19-16(11-12-27-19)20(26)24(21)15-8-3-2-4-9-15/h2-4,8-9,11-12,14,17H,5-7,10,13H2,1H3,(H,22,25)/t14-,17+/m1/s1. The molecule has 1 N–H and O–H groups in total. The highest BCUT2D eigenvalue weighted by molar-refractivity contribution is 7.99. The minimum absolute atomic E-state index is 0.00360. The molecular weight excluding hydrogens is 390 g/mol. The number of hydrogen-bond acceptors (Lipinski definition) is 5. The number of fused-ring (bicyclic) bond motifs is 1. The van der Waals surface area contributed by atoms with E-state index in [4.69, 9.17) is 0 Å². The van der Waals surface area contributed by atoms with E-state index in [0.29, 0.717) is 21.3 Å². The van der Waals surface area contributed by atoms with E-state index >= 15 is 0 Å². The molecule has 2 atom stereocenters. The van der Waals surface area contributed by atoms with Crippen LogP contribution >= 0.6 is 23.1 Å². The molecule has 0 spiro atoms. The van der Waals surface area contributed by atoms with Crippen molar-refractivity contribution in [3.8, 4) is 5.69 Å². The van der Waals surface area contributed by atoms with Gasteiger partial charge in [0.15, 0.2) is 5.16 Å². The molecular formula is C21H23N3O2S2. The second-order valence-electron chi connectivity index (χ2n) is 7.23. The summed E-state index contributed by atoms with van der Waals surface area (Å²) in [6, 6.07) is 11.5. The Morgan fingerprint density at radius 2 is 2.04 bits per heavy atom. The summed E-state index contributed by atoms with van der Waals surface area (Å²) in [6.07, 6.45) is 4.64. The van der Waals surface area contributed by atoms with Crippen molar-refractivity contribution in [2.45, 2.75) is 43.8 Å². The van der Waals surface area contributed by atoms with Crippen LogP contribution < -0.4 is 10.9 Å². The Morgan fingerprint density at radius 1 is 1.25 bits per heavy atom. The van der Waals surface area contributed by atoms with Crippen molar-refractivity contribution < 1.29 is 4.79 Å². The topological polar surface area (TPSA) is 64.0 Å². The number of carbonyl (C=O) groups excluding carboxylic acids is 1. The molecule has 2 heterocycles. The highest BCUT2D eigenvalue weighted by atomic mass is 32.2. The van der Waals surface area contributed by atoms with Crippen molar-refractivity contribution in [2.24, 2.45) is 5.92 Å². The summed E-state index contributed by atoms with van der Waals surface area (Å²) >= 11 is 2.76. The minimum Gasteiger partial charge on any atom is -0.352 e. The zero-order chi connectivity index (χ0) is 19.5. The van der Waals surface area contributed by atoms with Crippen molar-refractivity contribution in [3.05, 3.63) is 52.1 Å². The van der Waals surface area contributed by atoms with Gasteiger partial charge in [-0.1, -0.05) is 49.7 Å². The summed E-state index contributed by atoms with van der Waals surface area (Å²) in [5.74, 6) is 0.772. The van der Waals surface area contributed by atoms with Crippen molar-refractivity contribution in [1.29, 1.82) is 0 Å². The van der Waals surface area contributed by atoms with Gasteiger partial charge < -0.3 is 5.32 Å². The molecule has 4 rings (SSSR count). The molecule has 7 heteroatoms. The number of hydrogen-bond donors (Lipinski definition) is 1. The molecule has 0 unspecified atom stereocenters. The largest absolute Gasteiger partial charge is 0.352 e. The van der Waals surface area contributed by atoms with Gasteiger partial charge in [0, 0.05) is 6.04 Å². The molecule has 5 nitrogen and oxygen atoms in total. The SMILES string of the molecule is C[C@@H]1CCCC[C@@H]1NC(=O)CSc1nc2sccc2c(=O)n1-c1ccccc1. The van der Waals surface area contributed by atoms with Gasteiger partial charge in [-0.05, 0) is 42.3 Å². The lowest BCUT2D eigenvalue weighted by Crippen LogP contribution is -2.41. The molecule has 0 aliphatic heterocycles. The summed E-state index contributed by atoms with van der Waals surface area (Å²) < 4.78 is 1.61. The van der Waals surface area contributed by atoms with Crippen LogP contribution in [0.4, 0.5) is 0 Å². The normalized spacial score (nSPS) is 19.6. The maximum atomic E-state index is 13.0. The molecule has 1 aromatic carbocycles. The lowest BCUT2D eigenvalue weighted by molar-refractivity contribution is -0.119. The number of aromatic nitrogens is 2. The van der Waals surface area contributed by atoms with E-state index in [0.717, 1.165) is 12.1 Å². The Bertz CT molecular complexity index is 1030. The first-order valence-electron chi connectivity index (χ1n) is 9.61. The number of thiophene rings is 1. The van der Waals surface area contributed by atoms with Gasteiger partial charge in [0.2, 0.25) is 5.91 Å². The number of amides is 1. The van der Waals surface area contributed by atoms with Crippen LogP contribution in [0.3, 0.4) is 0 Å². The molecule has 1 aliphatic carbocycles. The molecule has 28 heavy (non-hydrogen) atoms. The molecule has 0 bridgehead atoms. The molecule has 3 aromatic rings. The highest BCUT2D eigenvalue weighted by Crippen LogP contribution is 2.25. The third-order valence-electron chi connectivity index (χ3n) is 5.27. The Labute approximate surface area is 172 Å². The van der Waals surface area contributed by atoms with E-state index in [1.165, 1.54) is 42.4 Å². The Kier molecular flexibility index (Phi) is 5.82. The first-order chi connectivity index (χ1) is 13.6. The van der Waals surface area contributed by atoms with E-state index in [1.54, 1.807) is 10.6 Å². The van der Waals surface area contributed by atoms with Crippen LogP contribution in [0.15, 0.2) is 51.7 Å².